The molecule has 33 heavy (non-hydrogen) atoms. The number of phosphoric acid groups is 3. The van der Waals surface area contributed by atoms with Crippen molar-refractivity contribution in [2.75, 3.05) is 12.3 Å². The van der Waals surface area contributed by atoms with Crippen LogP contribution in [0.5, 0.6) is 0 Å². The largest absolute Gasteiger partial charge is 0.490 e. The van der Waals surface area contributed by atoms with E-state index in [-0.39, 0.29) is 5.82 Å². The lowest BCUT2D eigenvalue weighted by Gasteiger charge is -2.21. The number of nitrogens with two attached hydrogens (primary N) is 2. The summed E-state index contributed by atoms with van der Waals surface area (Å²) in [6, 6.07) is 0. The molecular weight excluding hydrogens is 521 g/mol. The molecule has 1 amide bonds. The van der Waals surface area contributed by atoms with Crippen LogP contribution in [0.2, 0.25) is 0 Å². The lowest BCUT2D eigenvalue weighted by atomic mass is 10.1. The Morgan fingerprint density at radius 2 is 1.82 bits per heavy atom. The number of nitrogen functional groups attached to an aromatic ring is 1. The first-order valence-corrected chi connectivity index (χ1v) is 12.9. The molecule has 1 fully saturated rings. The van der Waals surface area contributed by atoms with Crippen molar-refractivity contribution in [3.63, 3.8) is 0 Å². The Kier molecular flexibility index (Phi) is 8.23. The average Bonchev–Trinajstić information content (AvgIpc) is 2.89. The smallest absolute Gasteiger partial charge is 0.439 e. The molecule has 2 rings (SSSR count). The lowest BCUT2D eigenvalue weighted by molar-refractivity contribution is -0.0555. The molecule has 19 nitrogen and oxygen atoms in total. The van der Waals surface area contributed by atoms with E-state index in [1.165, 1.54) is 6.92 Å². The Balaban J connectivity index is 2.21. The van der Waals surface area contributed by atoms with Crippen molar-refractivity contribution in [3.05, 3.63) is 22.2 Å². The van der Waals surface area contributed by atoms with Crippen LogP contribution in [-0.4, -0.2) is 65.2 Å². The molecule has 9 N–H and O–H groups in total. The van der Waals surface area contributed by atoms with Crippen molar-refractivity contribution in [3.8, 4) is 0 Å². The van der Waals surface area contributed by atoms with Gasteiger partial charge in [-0.05, 0) is 6.92 Å². The number of hydrogen-bond acceptors (Lipinski definition) is 13. The van der Waals surface area contributed by atoms with E-state index in [0.717, 1.165) is 10.8 Å². The molecule has 0 saturated carbocycles. The first-order valence-electron chi connectivity index (χ1n) is 8.34. The Bertz CT molecular complexity index is 1100. The first kappa shape index (κ1) is 27.5. The molecule has 0 aromatic carbocycles. The summed E-state index contributed by atoms with van der Waals surface area (Å²) in [5, 5.41) is 10.4. The summed E-state index contributed by atoms with van der Waals surface area (Å²) in [5.74, 6) is -0.119. The third-order valence-electron chi connectivity index (χ3n) is 3.83. The molecule has 1 aromatic heterocycles. The highest BCUT2D eigenvalue weighted by Gasteiger charge is 2.49. The second-order valence-electron chi connectivity index (χ2n) is 6.34. The van der Waals surface area contributed by atoms with Gasteiger partial charge in [-0.25, -0.2) is 23.3 Å². The number of carbonyl (C=O) groups is 1. The normalized spacial score (nSPS) is 27.0. The molecule has 22 heteroatoms. The number of aromatic nitrogens is 2. The molecule has 0 radical (unpaired) electrons. The van der Waals surface area contributed by atoms with Gasteiger partial charge in [-0.15, -0.1) is 0 Å². The number of hydrogen-bond donors (Lipinski definition) is 7. The fourth-order valence-electron chi connectivity index (χ4n) is 2.57. The summed E-state index contributed by atoms with van der Waals surface area (Å²) in [6.45, 7) is 0.385. The number of nitrogens with zero attached hydrogens (tertiary/aromatic N) is 2. The highest BCUT2D eigenvalue weighted by molar-refractivity contribution is 7.66. The molecule has 6 atom stereocenters. The topological polar surface area (TPSA) is 303 Å². The Hall–Kier alpha value is -1.72. The van der Waals surface area contributed by atoms with Gasteiger partial charge < -0.3 is 45.6 Å². The first-order chi connectivity index (χ1) is 14.9. The van der Waals surface area contributed by atoms with E-state index in [0.29, 0.717) is 5.56 Å². The Labute approximate surface area is 183 Å². The second-order valence-corrected chi connectivity index (χ2v) is 10.8. The van der Waals surface area contributed by atoms with Crippen LogP contribution in [0.15, 0.2) is 11.0 Å². The number of anilines is 1. The van der Waals surface area contributed by atoms with E-state index < -0.39 is 66.4 Å². The van der Waals surface area contributed by atoms with Crippen molar-refractivity contribution in [2.45, 2.75) is 31.5 Å². The van der Waals surface area contributed by atoms with Crippen molar-refractivity contribution in [1.82, 2.24) is 9.55 Å². The van der Waals surface area contributed by atoms with Crippen LogP contribution in [0, 0.1) is 6.92 Å². The van der Waals surface area contributed by atoms with E-state index >= 15 is 0 Å². The Morgan fingerprint density at radius 1 is 1.21 bits per heavy atom. The molecule has 1 aliphatic heterocycles. The summed E-state index contributed by atoms with van der Waals surface area (Å²) in [7, 11) is -16.9. The SMILES string of the molecule is Cc1cn([C@@H]2O[C@H](COP(=O)(O)OP(=O)(O)OP(=O)(O)O)[C@@H](O)[C@H]2OC(N)=O)c(=O)nc1N. The van der Waals surface area contributed by atoms with Gasteiger partial charge in [0.15, 0.2) is 12.3 Å². The lowest BCUT2D eigenvalue weighted by Crippen LogP contribution is -2.40. The molecule has 2 unspecified atom stereocenters. The van der Waals surface area contributed by atoms with Crippen LogP contribution >= 0.6 is 23.5 Å². The fourth-order valence-corrected chi connectivity index (χ4v) is 5.60. The molecular formula is C11H19N4O15P3. The Morgan fingerprint density at radius 3 is 2.36 bits per heavy atom. The standard InChI is InChI=1S/C11H19N4O15P3/c1-4-2-15(11(18)14-8(4)12)9-7(28-10(13)17)6(16)5(27-9)3-26-32(22,23)30-33(24,25)29-31(19,20)21/h2,5-7,9,16H,3H2,1H3,(H2,13,17)(H,22,23)(H,24,25)(H2,12,14,18)(H2,19,20,21)/t5-,6-,7-,9-/m1/s1. The number of primary amides is 1. The quantitative estimate of drug-likeness (QED) is 0.170. The molecule has 2 heterocycles. The fraction of sp³-hybridized carbons (Fsp3) is 0.545. The number of carbonyl (C=O) groups excluding carboxylic acids is 1. The van der Waals surface area contributed by atoms with Gasteiger partial charge in [0.25, 0.3) is 0 Å². The molecule has 1 aliphatic rings. The van der Waals surface area contributed by atoms with Crippen LogP contribution in [-0.2, 0) is 36.3 Å². The predicted molar refractivity (Wildman–Crippen MR) is 102 cm³/mol. The zero-order valence-corrected chi connectivity index (χ0v) is 19.0. The minimum absolute atomic E-state index is 0.119. The van der Waals surface area contributed by atoms with Gasteiger partial charge in [-0.1, -0.05) is 0 Å². The minimum atomic E-state index is -5.78. The van der Waals surface area contributed by atoms with E-state index in [2.05, 4.69) is 18.1 Å². The van der Waals surface area contributed by atoms with Crippen molar-refractivity contribution in [2.24, 2.45) is 5.73 Å². The number of ether oxygens (including phenoxy) is 2. The summed E-state index contributed by atoms with van der Waals surface area (Å²) in [6.07, 6.45) is -6.91. The van der Waals surface area contributed by atoms with Crippen LogP contribution in [0.4, 0.5) is 10.6 Å². The van der Waals surface area contributed by atoms with Crippen LogP contribution < -0.4 is 17.2 Å². The maximum Gasteiger partial charge on any atom is 0.490 e. The van der Waals surface area contributed by atoms with Gasteiger partial charge in [0, 0.05) is 11.8 Å². The highest BCUT2D eigenvalue weighted by Crippen LogP contribution is 2.66. The predicted octanol–water partition coefficient (Wildman–Crippen LogP) is -1.80. The summed E-state index contributed by atoms with van der Waals surface area (Å²) >= 11 is 0. The third-order valence-corrected chi connectivity index (χ3v) is 7.63. The number of rotatable bonds is 9. The van der Waals surface area contributed by atoms with Crippen molar-refractivity contribution < 1.29 is 65.8 Å². The van der Waals surface area contributed by atoms with Crippen LogP contribution in [0.3, 0.4) is 0 Å². The van der Waals surface area contributed by atoms with E-state index in [1.54, 1.807) is 0 Å². The average molecular weight is 540 g/mol. The van der Waals surface area contributed by atoms with Crippen LogP contribution in [0.25, 0.3) is 0 Å². The summed E-state index contributed by atoms with van der Waals surface area (Å²) in [5.41, 5.74) is 9.79. The second kappa shape index (κ2) is 9.87. The highest BCUT2D eigenvalue weighted by atomic mass is 31.3. The molecule has 188 valence electrons. The molecule has 1 saturated heterocycles. The van der Waals surface area contributed by atoms with E-state index in [4.69, 9.17) is 35.6 Å². The zero-order chi connectivity index (χ0) is 25.4. The summed E-state index contributed by atoms with van der Waals surface area (Å²) < 4.78 is 56.2. The van der Waals surface area contributed by atoms with Gasteiger partial charge >= 0.3 is 35.3 Å². The number of phosphoric ester groups is 1. The van der Waals surface area contributed by atoms with E-state index in [9.17, 15) is 33.3 Å². The third kappa shape index (κ3) is 7.65. The molecule has 0 bridgehead atoms. The monoisotopic (exact) mass is 540 g/mol. The number of aliphatic hydroxyl groups is 1. The van der Waals surface area contributed by atoms with Gasteiger partial charge in [0.1, 0.15) is 18.0 Å². The van der Waals surface area contributed by atoms with Crippen molar-refractivity contribution >= 4 is 35.4 Å². The number of aryl methyl sites for hydroxylation is 1. The van der Waals surface area contributed by atoms with Gasteiger partial charge in [-0.3, -0.25) is 9.09 Å². The zero-order valence-electron chi connectivity index (χ0n) is 16.3. The minimum Gasteiger partial charge on any atom is -0.439 e. The van der Waals surface area contributed by atoms with Gasteiger partial charge in [-0.2, -0.15) is 13.6 Å². The number of amides is 1. The van der Waals surface area contributed by atoms with Crippen LogP contribution in [0.1, 0.15) is 11.8 Å². The molecule has 0 aliphatic carbocycles. The maximum absolute atomic E-state index is 12.2. The van der Waals surface area contributed by atoms with Gasteiger partial charge in [0.2, 0.25) is 0 Å². The summed E-state index contributed by atoms with van der Waals surface area (Å²) in [4.78, 5) is 62.6. The number of aliphatic hydroxyl groups excluding tert-OH is 1. The maximum atomic E-state index is 12.2. The molecule has 0 spiro atoms. The van der Waals surface area contributed by atoms with E-state index in [1.807, 2.05) is 0 Å². The van der Waals surface area contributed by atoms with Crippen molar-refractivity contribution in [1.29, 1.82) is 0 Å². The van der Waals surface area contributed by atoms with Gasteiger partial charge in [0.05, 0.1) is 6.61 Å². The molecule has 1 aromatic rings.